The molecule has 0 aromatic heterocycles. The molecule has 1 atom stereocenters. The molecular formula is C26H35N3O10. The minimum atomic E-state index is -1.31. The van der Waals surface area contributed by atoms with Gasteiger partial charge in [0.05, 0.1) is 0 Å². The molecule has 0 aromatic rings. The van der Waals surface area contributed by atoms with E-state index in [4.69, 9.17) is 9.47 Å². The molecular weight excluding hydrogens is 514 g/mol. The van der Waals surface area contributed by atoms with Gasteiger partial charge in [0.25, 0.3) is 29.9 Å². The molecule has 13 heteroatoms. The average molecular weight is 550 g/mol. The van der Waals surface area contributed by atoms with E-state index in [1.54, 1.807) is 6.92 Å². The number of hydroxylamine groups is 2. The molecule has 39 heavy (non-hydrogen) atoms. The van der Waals surface area contributed by atoms with Crippen LogP contribution in [-0.4, -0.2) is 71.0 Å². The van der Waals surface area contributed by atoms with Gasteiger partial charge in [-0.25, -0.2) is 4.79 Å². The molecule has 1 unspecified atom stereocenters. The second-order valence-corrected chi connectivity index (χ2v) is 9.81. The van der Waals surface area contributed by atoms with Crippen LogP contribution in [0.1, 0.15) is 77.6 Å². The second kappa shape index (κ2) is 14.4. The second-order valence-electron chi connectivity index (χ2n) is 9.81. The highest BCUT2D eigenvalue weighted by Gasteiger charge is 2.34. The van der Waals surface area contributed by atoms with Gasteiger partial charge in [-0.15, -0.1) is 0 Å². The average Bonchev–Trinajstić information content (AvgIpc) is 3.40. The van der Waals surface area contributed by atoms with Gasteiger partial charge in [0.2, 0.25) is 5.91 Å². The molecule has 0 bridgehead atoms. The van der Waals surface area contributed by atoms with Gasteiger partial charge in [0.1, 0.15) is 0 Å². The fourth-order valence-electron chi connectivity index (χ4n) is 4.66. The molecule has 1 saturated carbocycles. The quantitative estimate of drug-likeness (QED) is 0.155. The maximum absolute atomic E-state index is 12.5. The van der Waals surface area contributed by atoms with Gasteiger partial charge in [-0.2, -0.15) is 0 Å². The fraction of sp³-hybridized carbons (Fsp3) is 0.654. The molecule has 214 valence electrons. The topological polar surface area (TPSA) is 166 Å². The molecule has 3 aliphatic rings. The molecule has 0 aromatic carbocycles. The van der Waals surface area contributed by atoms with Gasteiger partial charge in [-0.3, -0.25) is 38.5 Å². The van der Waals surface area contributed by atoms with Crippen molar-refractivity contribution < 1.29 is 47.9 Å². The van der Waals surface area contributed by atoms with Crippen LogP contribution < -0.4 is 5.32 Å². The largest absolute Gasteiger partial charge is 0.537 e. The Labute approximate surface area is 226 Å². The van der Waals surface area contributed by atoms with Crippen molar-refractivity contribution in [1.29, 1.82) is 0 Å². The molecule has 0 radical (unpaired) electrons. The smallest absolute Gasteiger partial charge is 0.425 e. The van der Waals surface area contributed by atoms with Crippen LogP contribution in [0, 0.1) is 11.8 Å². The summed E-state index contributed by atoms with van der Waals surface area (Å²) in [6.45, 7) is 2.51. The van der Waals surface area contributed by atoms with Crippen LogP contribution in [0.25, 0.3) is 0 Å². The Morgan fingerprint density at radius 3 is 2.18 bits per heavy atom. The van der Waals surface area contributed by atoms with Crippen LogP contribution in [0.4, 0.5) is 4.79 Å². The van der Waals surface area contributed by atoms with E-state index in [1.165, 1.54) is 17.1 Å². The number of amides is 5. The van der Waals surface area contributed by atoms with Gasteiger partial charge < -0.3 is 14.8 Å². The Bertz CT molecular complexity index is 968. The van der Waals surface area contributed by atoms with E-state index >= 15 is 0 Å². The first-order valence-corrected chi connectivity index (χ1v) is 13.4. The third-order valence-corrected chi connectivity index (χ3v) is 6.91. The minimum Gasteiger partial charge on any atom is -0.425 e. The number of rotatable bonds is 13. The Morgan fingerprint density at radius 1 is 0.923 bits per heavy atom. The maximum Gasteiger partial charge on any atom is 0.537 e. The van der Waals surface area contributed by atoms with Crippen molar-refractivity contribution in [1.82, 2.24) is 15.3 Å². The van der Waals surface area contributed by atoms with Crippen LogP contribution in [-0.2, 0) is 43.1 Å². The monoisotopic (exact) mass is 549 g/mol. The van der Waals surface area contributed by atoms with E-state index in [0.717, 1.165) is 12.8 Å². The summed E-state index contributed by atoms with van der Waals surface area (Å²) in [7, 11) is 0. The molecule has 0 spiro atoms. The lowest BCUT2D eigenvalue weighted by molar-refractivity contribution is -0.193. The number of carbonyl (C=O) groups excluding carboxylic acids is 7. The van der Waals surface area contributed by atoms with Crippen molar-refractivity contribution in [2.24, 2.45) is 11.8 Å². The van der Waals surface area contributed by atoms with Crippen molar-refractivity contribution >= 4 is 41.7 Å². The highest BCUT2D eigenvalue weighted by molar-refractivity contribution is 6.12. The van der Waals surface area contributed by atoms with Crippen molar-refractivity contribution in [3.8, 4) is 0 Å². The molecule has 5 amide bonds. The standard InChI is InChI=1S/C26H35N3O10/c1-2-24(38-26(36)39-29-21(32)13-14-22(29)33)37-23(34)6-4-3-5-15-27-25(35)18-9-7-17(8-10-18)16-28-19(30)11-12-20(28)31/h11-12,17-18,24H,2-10,13-16H2,1H3,(H,27,35). The zero-order chi connectivity index (χ0) is 28.4. The lowest BCUT2D eigenvalue weighted by Gasteiger charge is -2.30. The van der Waals surface area contributed by atoms with Crippen LogP contribution in [0.2, 0.25) is 0 Å². The number of carbonyl (C=O) groups is 7. The van der Waals surface area contributed by atoms with E-state index in [9.17, 15) is 33.6 Å². The molecule has 1 N–H and O–H groups in total. The minimum absolute atomic E-state index is 0.00463. The summed E-state index contributed by atoms with van der Waals surface area (Å²) in [4.78, 5) is 88.6. The summed E-state index contributed by atoms with van der Waals surface area (Å²) in [5.74, 6) is -2.29. The van der Waals surface area contributed by atoms with Crippen molar-refractivity contribution in [2.75, 3.05) is 13.1 Å². The third kappa shape index (κ3) is 8.89. The summed E-state index contributed by atoms with van der Waals surface area (Å²) in [6.07, 6.45) is 5.06. The Kier molecular flexibility index (Phi) is 11.0. The summed E-state index contributed by atoms with van der Waals surface area (Å²) in [6, 6.07) is 0. The van der Waals surface area contributed by atoms with Crippen molar-refractivity contribution in [3.05, 3.63) is 12.2 Å². The van der Waals surface area contributed by atoms with Crippen LogP contribution in [0.5, 0.6) is 0 Å². The van der Waals surface area contributed by atoms with Crippen molar-refractivity contribution in [2.45, 2.75) is 83.8 Å². The van der Waals surface area contributed by atoms with Crippen molar-refractivity contribution in [3.63, 3.8) is 0 Å². The van der Waals surface area contributed by atoms with Gasteiger partial charge in [-0.1, -0.05) is 18.4 Å². The van der Waals surface area contributed by atoms with Gasteiger partial charge in [0.15, 0.2) is 0 Å². The molecule has 2 fully saturated rings. The first-order chi connectivity index (χ1) is 18.7. The first kappa shape index (κ1) is 29.8. The summed E-state index contributed by atoms with van der Waals surface area (Å²) >= 11 is 0. The number of hydrogen-bond donors (Lipinski definition) is 1. The van der Waals surface area contributed by atoms with Crippen LogP contribution >= 0.6 is 0 Å². The number of hydrogen-bond acceptors (Lipinski definition) is 10. The summed E-state index contributed by atoms with van der Waals surface area (Å²) < 4.78 is 9.98. The first-order valence-electron chi connectivity index (χ1n) is 13.4. The highest BCUT2D eigenvalue weighted by atomic mass is 16.9. The molecule has 1 saturated heterocycles. The van der Waals surface area contributed by atoms with E-state index in [1.807, 2.05) is 0 Å². The Balaban J connectivity index is 1.22. The zero-order valence-corrected chi connectivity index (χ0v) is 22.1. The lowest BCUT2D eigenvalue weighted by Crippen LogP contribution is -2.38. The zero-order valence-electron chi connectivity index (χ0n) is 22.1. The maximum atomic E-state index is 12.5. The molecule has 1 aliphatic carbocycles. The Hall–Kier alpha value is -3.77. The third-order valence-electron chi connectivity index (χ3n) is 6.91. The number of unbranched alkanes of at least 4 members (excludes halogenated alkanes) is 2. The van der Waals surface area contributed by atoms with E-state index in [0.29, 0.717) is 50.3 Å². The predicted molar refractivity (Wildman–Crippen MR) is 132 cm³/mol. The van der Waals surface area contributed by atoms with E-state index < -0.39 is 30.2 Å². The van der Waals surface area contributed by atoms with Gasteiger partial charge >= 0.3 is 12.1 Å². The number of ether oxygens (including phenoxy) is 2. The SMILES string of the molecule is CCC(OC(=O)CCCCCNC(=O)C1CCC(CN2C(=O)C=CC2=O)CC1)OC(=O)ON1C(=O)CCC1=O. The number of esters is 1. The molecule has 2 heterocycles. The highest BCUT2D eigenvalue weighted by Crippen LogP contribution is 2.30. The van der Waals surface area contributed by atoms with Crippen LogP contribution in [0.3, 0.4) is 0 Å². The fourth-order valence-corrected chi connectivity index (χ4v) is 4.66. The normalized spacial score (nSPS) is 21.8. The van der Waals surface area contributed by atoms with E-state index in [2.05, 4.69) is 10.2 Å². The summed E-state index contributed by atoms with van der Waals surface area (Å²) in [5, 5.41) is 3.28. The Morgan fingerprint density at radius 2 is 1.56 bits per heavy atom. The lowest BCUT2D eigenvalue weighted by atomic mass is 9.81. The van der Waals surface area contributed by atoms with Gasteiger partial charge in [0, 0.05) is 56.8 Å². The number of nitrogens with zero attached hydrogens (tertiary/aromatic N) is 2. The molecule has 3 rings (SSSR count). The molecule has 13 nitrogen and oxygen atoms in total. The molecule has 2 aliphatic heterocycles. The summed E-state index contributed by atoms with van der Waals surface area (Å²) in [5.41, 5.74) is 0. The number of nitrogens with one attached hydrogen (secondary N) is 1. The predicted octanol–water partition coefficient (Wildman–Crippen LogP) is 1.89. The van der Waals surface area contributed by atoms with E-state index in [-0.39, 0.29) is 55.2 Å². The van der Waals surface area contributed by atoms with Gasteiger partial charge in [-0.05, 0) is 44.4 Å². The number of imide groups is 2. The van der Waals surface area contributed by atoms with Crippen LogP contribution in [0.15, 0.2) is 12.2 Å².